The van der Waals surface area contributed by atoms with Crippen LogP contribution in [-0.4, -0.2) is 50.0 Å². The molecule has 176 valence electrons. The Morgan fingerprint density at radius 2 is 2.00 bits per heavy atom. The summed E-state index contributed by atoms with van der Waals surface area (Å²) >= 11 is 7.77. The quantitative estimate of drug-likeness (QED) is 0.501. The maximum absolute atomic E-state index is 13.0. The Morgan fingerprint density at radius 1 is 1.24 bits per heavy atom. The molecule has 1 aromatic heterocycles. The second-order valence-electron chi connectivity index (χ2n) is 8.17. The van der Waals surface area contributed by atoms with E-state index in [1.807, 2.05) is 16.7 Å². The molecule has 1 saturated heterocycles. The van der Waals surface area contributed by atoms with Gasteiger partial charge in [-0.25, -0.2) is 8.42 Å². The number of benzene rings is 2. The van der Waals surface area contributed by atoms with Gasteiger partial charge in [0.2, 0.25) is 10.0 Å². The zero-order valence-corrected chi connectivity index (χ0v) is 20.9. The maximum Gasteiger partial charge on any atom is 0.279 e. The number of ether oxygens (including phenoxy) is 1. The molecule has 7 nitrogen and oxygen atoms in total. The highest BCUT2D eigenvalue weighted by atomic mass is 35.5. The molecule has 3 aromatic rings. The second-order valence-corrected chi connectivity index (χ2v) is 11.5. The van der Waals surface area contributed by atoms with Crippen molar-refractivity contribution < 1.29 is 17.9 Å². The van der Waals surface area contributed by atoms with Crippen molar-refractivity contribution >= 4 is 49.1 Å². The lowest BCUT2D eigenvalue weighted by Gasteiger charge is -2.30. The number of sulfonamides is 1. The summed E-state index contributed by atoms with van der Waals surface area (Å²) in [5.41, 5.74) is 1.13. The lowest BCUT2D eigenvalue weighted by atomic mass is 10.0. The van der Waals surface area contributed by atoms with Gasteiger partial charge < -0.3 is 9.30 Å². The minimum atomic E-state index is -3.57. The molecule has 4 rings (SSSR count). The van der Waals surface area contributed by atoms with Gasteiger partial charge in [0.05, 0.1) is 26.7 Å². The van der Waals surface area contributed by atoms with Crippen LogP contribution in [0.25, 0.3) is 10.2 Å². The van der Waals surface area contributed by atoms with Gasteiger partial charge >= 0.3 is 0 Å². The summed E-state index contributed by atoms with van der Waals surface area (Å²) in [7, 11) is -1.96. The van der Waals surface area contributed by atoms with Gasteiger partial charge in [-0.15, -0.1) is 0 Å². The SMILES string of the molecule is COCCn1c(=NC(=O)c2ccc(S(=O)(=O)N3CCCC(C)C3)cc2)sc2cccc(Cl)c21. The number of amides is 1. The molecule has 0 aliphatic carbocycles. The molecule has 2 aromatic carbocycles. The Labute approximate surface area is 202 Å². The van der Waals surface area contributed by atoms with E-state index in [1.165, 1.54) is 39.9 Å². The van der Waals surface area contributed by atoms with Crippen LogP contribution in [0.1, 0.15) is 30.1 Å². The van der Waals surface area contributed by atoms with Crippen LogP contribution < -0.4 is 4.80 Å². The fraction of sp³-hybridized carbons (Fsp3) is 0.391. The van der Waals surface area contributed by atoms with E-state index in [0.717, 1.165) is 23.1 Å². The number of methoxy groups -OCH3 is 1. The molecule has 33 heavy (non-hydrogen) atoms. The average Bonchev–Trinajstić information content (AvgIpc) is 3.15. The number of para-hydroxylation sites is 1. The molecule has 1 aliphatic rings. The van der Waals surface area contributed by atoms with E-state index in [4.69, 9.17) is 16.3 Å². The fourth-order valence-electron chi connectivity index (χ4n) is 4.00. The van der Waals surface area contributed by atoms with Crippen molar-refractivity contribution in [3.05, 3.63) is 57.9 Å². The standard InChI is InChI=1S/C23H26ClN3O4S2/c1-16-5-4-12-26(15-16)33(29,30)18-10-8-17(9-11-18)22(28)25-23-27(13-14-31-2)21-19(24)6-3-7-20(21)32-23/h3,6-11,16H,4-5,12-15H2,1-2H3. The highest BCUT2D eigenvalue weighted by molar-refractivity contribution is 7.89. The molecule has 10 heteroatoms. The molecule has 1 fully saturated rings. The minimum absolute atomic E-state index is 0.192. The van der Waals surface area contributed by atoms with Crippen molar-refractivity contribution in [2.24, 2.45) is 10.9 Å². The zero-order chi connectivity index (χ0) is 23.6. The van der Waals surface area contributed by atoms with Crippen LogP contribution in [0.4, 0.5) is 0 Å². The normalized spacial score (nSPS) is 18.2. The molecule has 0 bridgehead atoms. The number of carbonyl (C=O) groups excluding carboxylic acids is 1. The summed E-state index contributed by atoms with van der Waals surface area (Å²) in [6.07, 6.45) is 1.90. The van der Waals surface area contributed by atoms with Gasteiger partial charge in [-0.2, -0.15) is 9.30 Å². The third-order valence-electron chi connectivity index (χ3n) is 5.73. The summed E-state index contributed by atoms with van der Waals surface area (Å²) in [4.78, 5) is 17.9. The Bertz CT molecular complexity index is 1330. The Hall–Kier alpha value is -2.04. The monoisotopic (exact) mass is 507 g/mol. The first-order chi connectivity index (χ1) is 15.8. The molecular formula is C23H26ClN3O4S2. The van der Waals surface area contributed by atoms with E-state index in [2.05, 4.69) is 11.9 Å². The van der Waals surface area contributed by atoms with Crippen molar-refractivity contribution in [2.45, 2.75) is 31.2 Å². The van der Waals surface area contributed by atoms with Crippen LogP contribution in [0.2, 0.25) is 5.02 Å². The number of fused-ring (bicyclic) bond motifs is 1. The molecule has 2 heterocycles. The predicted octanol–water partition coefficient (Wildman–Crippen LogP) is 4.16. The number of aromatic nitrogens is 1. The van der Waals surface area contributed by atoms with Crippen LogP contribution in [0.5, 0.6) is 0 Å². The number of nitrogens with zero attached hydrogens (tertiary/aromatic N) is 3. The van der Waals surface area contributed by atoms with E-state index in [-0.39, 0.29) is 4.90 Å². The van der Waals surface area contributed by atoms with Crippen molar-refractivity contribution in [3.63, 3.8) is 0 Å². The number of carbonyl (C=O) groups is 1. The van der Waals surface area contributed by atoms with Gasteiger partial charge in [-0.3, -0.25) is 4.79 Å². The highest BCUT2D eigenvalue weighted by Crippen LogP contribution is 2.26. The number of hydrogen-bond acceptors (Lipinski definition) is 5. The number of piperidine rings is 1. The van der Waals surface area contributed by atoms with Crippen LogP contribution in [0.15, 0.2) is 52.4 Å². The van der Waals surface area contributed by atoms with Crippen molar-refractivity contribution in [1.82, 2.24) is 8.87 Å². The van der Waals surface area contributed by atoms with Gasteiger partial charge in [-0.1, -0.05) is 35.9 Å². The first-order valence-electron chi connectivity index (χ1n) is 10.8. The van der Waals surface area contributed by atoms with E-state index in [0.29, 0.717) is 47.5 Å². The summed E-state index contributed by atoms with van der Waals surface area (Å²) < 4.78 is 35.5. The fourth-order valence-corrected chi connectivity index (χ4v) is 7.01. The average molecular weight is 508 g/mol. The van der Waals surface area contributed by atoms with Gasteiger partial charge in [0.25, 0.3) is 5.91 Å². The highest BCUT2D eigenvalue weighted by Gasteiger charge is 2.28. The van der Waals surface area contributed by atoms with Gasteiger partial charge in [0.15, 0.2) is 4.80 Å². The molecule has 0 radical (unpaired) electrons. The molecule has 1 unspecified atom stereocenters. The molecule has 1 atom stereocenters. The first kappa shape index (κ1) is 24.1. The maximum atomic E-state index is 13.0. The molecule has 0 saturated carbocycles. The first-order valence-corrected chi connectivity index (χ1v) is 13.4. The predicted molar refractivity (Wildman–Crippen MR) is 130 cm³/mol. The van der Waals surface area contributed by atoms with E-state index in [1.54, 1.807) is 13.2 Å². The van der Waals surface area contributed by atoms with Crippen LogP contribution >= 0.6 is 22.9 Å². The van der Waals surface area contributed by atoms with E-state index >= 15 is 0 Å². The van der Waals surface area contributed by atoms with Crippen LogP contribution in [0.3, 0.4) is 0 Å². The van der Waals surface area contributed by atoms with Crippen LogP contribution in [-0.2, 0) is 21.3 Å². The van der Waals surface area contributed by atoms with Crippen molar-refractivity contribution in [1.29, 1.82) is 0 Å². The largest absolute Gasteiger partial charge is 0.383 e. The summed E-state index contributed by atoms with van der Waals surface area (Å²) in [5, 5.41) is 0.579. The lowest BCUT2D eigenvalue weighted by molar-refractivity contribution is 0.0997. The van der Waals surface area contributed by atoms with E-state index in [9.17, 15) is 13.2 Å². The second kappa shape index (κ2) is 10.1. The smallest absolute Gasteiger partial charge is 0.279 e. The third-order valence-corrected chi connectivity index (χ3v) is 8.95. The molecule has 0 N–H and O–H groups in total. The summed E-state index contributed by atoms with van der Waals surface area (Å²) in [6, 6.07) is 11.6. The van der Waals surface area contributed by atoms with Gasteiger partial charge in [0, 0.05) is 32.3 Å². The summed E-state index contributed by atoms with van der Waals surface area (Å²) in [6.45, 7) is 4.05. The number of halogens is 1. The summed E-state index contributed by atoms with van der Waals surface area (Å²) in [5.74, 6) is -0.104. The van der Waals surface area contributed by atoms with Crippen molar-refractivity contribution in [2.75, 3.05) is 26.8 Å². The van der Waals surface area contributed by atoms with Crippen molar-refractivity contribution in [3.8, 4) is 0 Å². The Morgan fingerprint density at radius 3 is 2.70 bits per heavy atom. The van der Waals surface area contributed by atoms with Gasteiger partial charge in [-0.05, 0) is 55.2 Å². The Balaban J connectivity index is 1.64. The topological polar surface area (TPSA) is 81.0 Å². The molecule has 1 aliphatic heterocycles. The lowest BCUT2D eigenvalue weighted by Crippen LogP contribution is -2.39. The molecular weight excluding hydrogens is 482 g/mol. The van der Waals surface area contributed by atoms with Crippen LogP contribution in [0, 0.1) is 5.92 Å². The number of thiazole rings is 1. The third kappa shape index (κ3) is 5.07. The minimum Gasteiger partial charge on any atom is -0.383 e. The molecule has 0 spiro atoms. The van der Waals surface area contributed by atoms with Gasteiger partial charge in [0.1, 0.15) is 0 Å². The number of hydrogen-bond donors (Lipinski definition) is 0. The Kier molecular flexibility index (Phi) is 7.35. The molecule has 1 amide bonds. The van der Waals surface area contributed by atoms with E-state index < -0.39 is 15.9 Å². The zero-order valence-electron chi connectivity index (χ0n) is 18.5. The number of rotatable bonds is 6.